The minimum Gasteiger partial charge on any atom is -0.280 e. The van der Waals surface area contributed by atoms with Gasteiger partial charge in [-0.15, -0.1) is 0 Å². The van der Waals surface area contributed by atoms with Gasteiger partial charge in [-0.3, -0.25) is 4.72 Å². The molecule has 0 fully saturated rings. The molecule has 0 saturated heterocycles. The SMILES string of the molecule is NS(=O)(=O)c1cccc(NS(=O)(=O)c2ccc(F)c(Cl)c2)c1. The molecule has 0 aliphatic carbocycles. The summed E-state index contributed by atoms with van der Waals surface area (Å²) in [5.74, 6) is -0.753. The van der Waals surface area contributed by atoms with E-state index in [-0.39, 0.29) is 20.5 Å². The van der Waals surface area contributed by atoms with Gasteiger partial charge in [-0.2, -0.15) is 0 Å². The topological polar surface area (TPSA) is 106 Å². The summed E-state index contributed by atoms with van der Waals surface area (Å²) in [6.07, 6.45) is 0. The van der Waals surface area contributed by atoms with Crippen molar-refractivity contribution in [1.82, 2.24) is 0 Å². The Morgan fingerprint density at radius 3 is 2.27 bits per heavy atom. The van der Waals surface area contributed by atoms with Crippen molar-refractivity contribution < 1.29 is 21.2 Å². The molecule has 2 aromatic carbocycles. The van der Waals surface area contributed by atoms with E-state index >= 15 is 0 Å². The Morgan fingerprint density at radius 1 is 1.00 bits per heavy atom. The zero-order chi connectivity index (χ0) is 16.5. The number of hydrogen-bond donors (Lipinski definition) is 2. The van der Waals surface area contributed by atoms with E-state index in [1.54, 1.807) is 0 Å². The quantitative estimate of drug-likeness (QED) is 0.864. The predicted molar refractivity (Wildman–Crippen MR) is 80.0 cm³/mol. The number of anilines is 1. The summed E-state index contributed by atoms with van der Waals surface area (Å²) in [5.41, 5.74) is -0.00743. The lowest BCUT2D eigenvalue weighted by Gasteiger charge is -2.09. The van der Waals surface area contributed by atoms with Crippen LogP contribution >= 0.6 is 11.6 Å². The summed E-state index contributed by atoms with van der Waals surface area (Å²) in [6.45, 7) is 0. The summed E-state index contributed by atoms with van der Waals surface area (Å²) >= 11 is 5.54. The maximum Gasteiger partial charge on any atom is 0.261 e. The first-order valence-corrected chi connectivity index (χ1v) is 9.11. The standard InChI is InChI=1S/C12H10ClFN2O4S2/c13-11-7-10(4-5-12(11)14)22(19,20)16-8-2-1-3-9(6-8)21(15,17)18/h1-7,16H,(H2,15,17,18). The molecule has 0 saturated carbocycles. The van der Waals surface area contributed by atoms with E-state index in [1.165, 1.54) is 18.2 Å². The van der Waals surface area contributed by atoms with Gasteiger partial charge in [-0.05, 0) is 36.4 Å². The average Bonchev–Trinajstić information content (AvgIpc) is 2.40. The third-order valence-corrected chi connectivity index (χ3v) is 5.20. The zero-order valence-electron chi connectivity index (χ0n) is 10.8. The van der Waals surface area contributed by atoms with Crippen molar-refractivity contribution >= 4 is 37.3 Å². The van der Waals surface area contributed by atoms with Crippen LogP contribution in [0.4, 0.5) is 10.1 Å². The normalized spacial score (nSPS) is 12.1. The lowest BCUT2D eigenvalue weighted by atomic mass is 10.3. The minimum absolute atomic E-state index is 0.00743. The Balaban J connectivity index is 2.39. The molecule has 0 spiro atoms. The Hall–Kier alpha value is -1.68. The van der Waals surface area contributed by atoms with Crippen molar-refractivity contribution in [3.8, 4) is 0 Å². The fourth-order valence-electron chi connectivity index (χ4n) is 1.59. The molecule has 0 bridgehead atoms. The minimum atomic E-state index is -4.05. The van der Waals surface area contributed by atoms with Gasteiger partial charge in [0, 0.05) is 0 Å². The molecular formula is C12H10ClFN2O4S2. The smallest absolute Gasteiger partial charge is 0.261 e. The van der Waals surface area contributed by atoms with Crippen LogP contribution in [0.5, 0.6) is 0 Å². The van der Waals surface area contributed by atoms with Crippen molar-refractivity contribution in [3.05, 3.63) is 53.3 Å². The van der Waals surface area contributed by atoms with Crippen LogP contribution in [-0.4, -0.2) is 16.8 Å². The zero-order valence-corrected chi connectivity index (χ0v) is 13.2. The van der Waals surface area contributed by atoms with Gasteiger partial charge in [-0.25, -0.2) is 26.4 Å². The predicted octanol–water partition coefficient (Wildman–Crippen LogP) is 1.93. The molecule has 0 aliphatic rings. The number of primary sulfonamides is 1. The molecule has 3 N–H and O–H groups in total. The number of nitrogens with one attached hydrogen (secondary N) is 1. The van der Waals surface area contributed by atoms with E-state index in [0.29, 0.717) is 0 Å². The van der Waals surface area contributed by atoms with Gasteiger partial charge >= 0.3 is 0 Å². The number of hydrogen-bond acceptors (Lipinski definition) is 4. The first-order valence-electron chi connectivity index (χ1n) is 5.70. The van der Waals surface area contributed by atoms with Crippen molar-refractivity contribution in [2.24, 2.45) is 5.14 Å². The van der Waals surface area contributed by atoms with E-state index in [0.717, 1.165) is 24.3 Å². The molecular weight excluding hydrogens is 355 g/mol. The van der Waals surface area contributed by atoms with Crippen LogP contribution in [0.2, 0.25) is 5.02 Å². The van der Waals surface area contributed by atoms with Gasteiger partial charge in [-0.1, -0.05) is 17.7 Å². The maximum atomic E-state index is 13.1. The van der Waals surface area contributed by atoms with Crippen molar-refractivity contribution in [1.29, 1.82) is 0 Å². The molecule has 0 aromatic heterocycles. The van der Waals surface area contributed by atoms with Gasteiger partial charge in [0.05, 0.1) is 20.5 Å². The second-order valence-corrected chi connectivity index (χ2v) is 7.91. The molecule has 6 nitrogen and oxygen atoms in total. The maximum absolute atomic E-state index is 13.1. The van der Waals surface area contributed by atoms with Crippen molar-refractivity contribution in [2.45, 2.75) is 9.79 Å². The molecule has 0 unspecified atom stereocenters. The lowest BCUT2D eigenvalue weighted by molar-refractivity contribution is 0.596. The van der Waals surface area contributed by atoms with Crippen LogP contribution < -0.4 is 9.86 Å². The van der Waals surface area contributed by atoms with E-state index in [9.17, 15) is 21.2 Å². The van der Waals surface area contributed by atoms with Crippen LogP contribution in [0.25, 0.3) is 0 Å². The Labute approximate surface area is 131 Å². The fourth-order valence-corrected chi connectivity index (χ4v) is 3.47. The molecule has 0 atom stereocenters. The first kappa shape index (κ1) is 16.7. The molecule has 118 valence electrons. The van der Waals surface area contributed by atoms with Crippen molar-refractivity contribution in [2.75, 3.05) is 4.72 Å². The van der Waals surface area contributed by atoms with Crippen molar-refractivity contribution in [3.63, 3.8) is 0 Å². The van der Waals surface area contributed by atoms with Crippen LogP contribution in [0, 0.1) is 5.82 Å². The monoisotopic (exact) mass is 364 g/mol. The van der Waals surface area contributed by atoms with Gasteiger partial charge in [0.15, 0.2) is 0 Å². The number of nitrogens with two attached hydrogens (primary N) is 1. The number of rotatable bonds is 4. The average molecular weight is 365 g/mol. The third kappa shape index (κ3) is 3.74. The van der Waals surface area contributed by atoms with E-state index in [1.807, 2.05) is 0 Å². The largest absolute Gasteiger partial charge is 0.280 e. The number of sulfonamides is 2. The Bertz CT molecular complexity index is 930. The molecule has 0 amide bonds. The van der Waals surface area contributed by atoms with E-state index in [2.05, 4.69) is 4.72 Å². The van der Waals surface area contributed by atoms with Gasteiger partial charge in [0.2, 0.25) is 10.0 Å². The third-order valence-electron chi connectivity index (χ3n) is 2.62. The van der Waals surface area contributed by atoms with Crippen LogP contribution in [0.1, 0.15) is 0 Å². The highest BCUT2D eigenvalue weighted by molar-refractivity contribution is 7.92. The molecule has 22 heavy (non-hydrogen) atoms. The highest BCUT2D eigenvalue weighted by Gasteiger charge is 2.17. The summed E-state index contributed by atoms with van der Waals surface area (Å²) in [5, 5.41) is 4.63. The lowest BCUT2D eigenvalue weighted by Crippen LogP contribution is -2.15. The Morgan fingerprint density at radius 2 is 1.68 bits per heavy atom. The molecule has 0 heterocycles. The molecule has 2 aromatic rings. The highest BCUT2D eigenvalue weighted by atomic mass is 35.5. The van der Waals surface area contributed by atoms with Gasteiger partial charge < -0.3 is 0 Å². The number of benzene rings is 2. The molecule has 0 aliphatic heterocycles. The van der Waals surface area contributed by atoms with Gasteiger partial charge in [0.25, 0.3) is 10.0 Å². The summed E-state index contributed by atoms with van der Waals surface area (Å²) in [7, 11) is -8.01. The Kier molecular flexibility index (Phi) is 4.43. The summed E-state index contributed by atoms with van der Waals surface area (Å²) in [4.78, 5) is -0.509. The second kappa shape index (κ2) is 5.84. The van der Waals surface area contributed by atoms with E-state index < -0.39 is 25.9 Å². The summed E-state index contributed by atoms with van der Waals surface area (Å²) in [6, 6.07) is 7.86. The number of halogens is 2. The van der Waals surface area contributed by atoms with E-state index in [4.69, 9.17) is 16.7 Å². The summed E-state index contributed by atoms with van der Waals surface area (Å²) < 4.78 is 62.0. The molecule has 10 heteroatoms. The second-order valence-electron chi connectivity index (χ2n) is 4.25. The van der Waals surface area contributed by atoms with Gasteiger partial charge in [0.1, 0.15) is 5.82 Å². The molecule has 2 rings (SSSR count). The highest BCUT2D eigenvalue weighted by Crippen LogP contribution is 2.22. The molecule has 0 radical (unpaired) electrons. The van der Waals surface area contributed by atoms with Crippen LogP contribution in [0.3, 0.4) is 0 Å². The van der Waals surface area contributed by atoms with Crippen LogP contribution in [0.15, 0.2) is 52.3 Å². The fraction of sp³-hybridized carbons (Fsp3) is 0. The first-order chi connectivity index (χ1) is 10.1. The van der Waals surface area contributed by atoms with Crippen LogP contribution in [-0.2, 0) is 20.0 Å².